The number of carbonyl (C=O) groups excluding carboxylic acids is 1. The molecular formula is C22H26O4-2. The third-order valence-corrected chi connectivity index (χ3v) is 8.58. The Hall–Kier alpha value is -1.58. The Morgan fingerprint density at radius 3 is 2.92 bits per heavy atom. The zero-order valence-electron chi connectivity index (χ0n) is 15.2. The summed E-state index contributed by atoms with van der Waals surface area (Å²) in [6, 6.07) is 0. The van der Waals surface area contributed by atoms with Gasteiger partial charge in [-0.2, -0.15) is 5.57 Å². The molecule has 0 aromatic heterocycles. The minimum atomic E-state index is -0.246. The van der Waals surface area contributed by atoms with Gasteiger partial charge in [-0.15, -0.1) is 12.9 Å². The van der Waals surface area contributed by atoms with Crippen molar-refractivity contribution in [1.82, 2.24) is 0 Å². The van der Waals surface area contributed by atoms with Crippen molar-refractivity contribution in [3.8, 4) is 0 Å². The molecule has 9 unspecified atom stereocenters. The van der Waals surface area contributed by atoms with Crippen LogP contribution < -0.4 is 5.11 Å². The average Bonchev–Trinajstić information content (AvgIpc) is 3.40. The predicted molar refractivity (Wildman–Crippen MR) is 91.9 cm³/mol. The van der Waals surface area contributed by atoms with Gasteiger partial charge in [-0.25, -0.2) is 5.92 Å². The molecule has 4 bridgehead atoms. The number of carbonyl (C=O) groups is 1. The number of rotatable bonds is 3. The van der Waals surface area contributed by atoms with Gasteiger partial charge in [-0.1, -0.05) is 24.5 Å². The van der Waals surface area contributed by atoms with Crippen LogP contribution in [0.3, 0.4) is 0 Å². The molecule has 6 rings (SSSR count). The first kappa shape index (κ1) is 15.5. The van der Waals surface area contributed by atoms with Gasteiger partial charge in [0.25, 0.3) is 0 Å². The molecule has 26 heavy (non-hydrogen) atoms. The van der Waals surface area contributed by atoms with Gasteiger partial charge in [0.2, 0.25) is 0 Å². The van der Waals surface area contributed by atoms with Crippen molar-refractivity contribution in [2.45, 2.75) is 45.1 Å². The summed E-state index contributed by atoms with van der Waals surface area (Å²) >= 11 is 0. The molecule has 0 aromatic carbocycles. The fourth-order valence-electron chi connectivity index (χ4n) is 7.61. The SMILES string of the molecule is C[C-]1C(=C([O-])OCC2C(=O)OC3CCCC32)C2CC1C1C3C=CC(C3)C21. The van der Waals surface area contributed by atoms with Crippen molar-refractivity contribution < 1.29 is 19.4 Å². The molecule has 5 fully saturated rings. The quantitative estimate of drug-likeness (QED) is 0.257. The first-order valence-electron chi connectivity index (χ1n) is 10.4. The lowest BCUT2D eigenvalue weighted by Gasteiger charge is -2.46. The Kier molecular flexibility index (Phi) is 3.12. The lowest BCUT2D eigenvalue weighted by Crippen LogP contribution is -2.33. The molecule has 1 aliphatic heterocycles. The van der Waals surface area contributed by atoms with Crippen LogP contribution in [0.5, 0.6) is 0 Å². The second-order valence-corrected chi connectivity index (χ2v) is 9.42. The zero-order valence-corrected chi connectivity index (χ0v) is 15.2. The van der Waals surface area contributed by atoms with Crippen LogP contribution in [0.1, 0.15) is 39.0 Å². The molecule has 0 spiro atoms. The molecule has 9 atom stereocenters. The van der Waals surface area contributed by atoms with E-state index >= 15 is 0 Å². The Bertz CT molecular complexity index is 709. The van der Waals surface area contributed by atoms with Crippen molar-refractivity contribution in [1.29, 1.82) is 0 Å². The summed E-state index contributed by atoms with van der Waals surface area (Å²) < 4.78 is 11.2. The highest BCUT2D eigenvalue weighted by atomic mass is 16.6. The molecule has 0 N–H and O–H groups in total. The van der Waals surface area contributed by atoms with Gasteiger partial charge in [0.1, 0.15) is 6.10 Å². The standard InChI is InChI=1S/C22H27O4/c1-10-14-8-15(20-12-6-5-11(7-12)19(14)20)18(10)22(24)25-9-16-13-3-2-4-17(13)26-21(16)23/h5-6,11-17,19-20,24H,2-4,7-9H2,1H3/q-1/p-1. The molecule has 4 heteroatoms. The fourth-order valence-corrected chi connectivity index (χ4v) is 7.61. The third-order valence-electron chi connectivity index (χ3n) is 8.58. The molecule has 0 radical (unpaired) electrons. The maximum absolute atomic E-state index is 12.9. The summed E-state index contributed by atoms with van der Waals surface area (Å²) in [7, 11) is 0. The largest absolute Gasteiger partial charge is 0.698 e. The van der Waals surface area contributed by atoms with E-state index in [1.54, 1.807) is 0 Å². The Balaban J connectivity index is 1.21. The normalized spacial score (nSPS) is 51.8. The number of esters is 1. The van der Waals surface area contributed by atoms with Crippen LogP contribution >= 0.6 is 0 Å². The van der Waals surface area contributed by atoms with Crippen LogP contribution in [0.15, 0.2) is 23.7 Å². The van der Waals surface area contributed by atoms with Crippen LogP contribution in [0.25, 0.3) is 0 Å². The van der Waals surface area contributed by atoms with Crippen LogP contribution in [-0.4, -0.2) is 18.7 Å². The van der Waals surface area contributed by atoms with Gasteiger partial charge in [0, 0.05) is 5.92 Å². The van der Waals surface area contributed by atoms with Crippen molar-refractivity contribution in [3.05, 3.63) is 29.6 Å². The molecule has 1 saturated heterocycles. The van der Waals surface area contributed by atoms with Crippen molar-refractivity contribution >= 4 is 5.97 Å². The van der Waals surface area contributed by atoms with Gasteiger partial charge in [0.05, 0.1) is 5.92 Å². The predicted octanol–water partition coefficient (Wildman–Crippen LogP) is 2.60. The summed E-state index contributed by atoms with van der Waals surface area (Å²) in [5.74, 6) is 4.73. The monoisotopic (exact) mass is 354 g/mol. The molecule has 4 nitrogen and oxygen atoms in total. The lowest BCUT2D eigenvalue weighted by atomic mass is 9.68. The molecule has 5 aliphatic carbocycles. The average molecular weight is 354 g/mol. The topological polar surface area (TPSA) is 58.6 Å². The zero-order chi connectivity index (χ0) is 17.6. The Labute approximate surface area is 154 Å². The molecule has 1 heterocycles. The van der Waals surface area contributed by atoms with E-state index in [1.165, 1.54) is 12.3 Å². The maximum atomic E-state index is 12.9. The van der Waals surface area contributed by atoms with Crippen molar-refractivity contribution in [3.63, 3.8) is 0 Å². The van der Waals surface area contributed by atoms with Crippen LogP contribution in [0.2, 0.25) is 0 Å². The van der Waals surface area contributed by atoms with Crippen LogP contribution in [-0.2, 0) is 14.3 Å². The summed E-state index contributed by atoms with van der Waals surface area (Å²) in [6.07, 6.45) is 10.4. The minimum Gasteiger partial charge on any atom is -0.698 e. The molecule has 4 saturated carbocycles. The summed E-state index contributed by atoms with van der Waals surface area (Å²) in [5, 5.41) is 12.9. The third kappa shape index (κ3) is 1.86. The van der Waals surface area contributed by atoms with Gasteiger partial charge >= 0.3 is 5.97 Å². The number of ether oxygens (including phenoxy) is 2. The van der Waals surface area contributed by atoms with E-state index in [1.807, 2.05) is 0 Å². The van der Waals surface area contributed by atoms with Gasteiger partial charge in [-0.05, 0) is 61.9 Å². The fraction of sp³-hybridized carbons (Fsp3) is 0.727. The Morgan fingerprint density at radius 2 is 2.08 bits per heavy atom. The van der Waals surface area contributed by atoms with Gasteiger partial charge in [-0.3, -0.25) is 4.79 Å². The van der Waals surface area contributed by atoms with Crippen molar-refractivity contribution in [2.75, 3.05) is 6.61 Å². The highest BCUT2D eigenvalue weighted by Crippen LogP contribution is 2.69. The first-order valence-corrected chi connectivity index (χ1v) is 10.4. The maximum Gasteiger partial charge on any atom is 0.310 e. The molecule has 6 aliphatic rings. The second-order valence-electron chi connectivity index (χ2n) is 9.42. The summed E-state index contributed by atoms with van der Waals surface area (Å²) in [4.78, 5) is 12.1. The first-order chi connectivity index (χ1) is 12.6. The highest BCUT2D eigenvalue weighted by molar-refractivity contribution is 5.75. The van der Waals surface area contributed by atoms with E-state index in [2.05, 4.69) is 19.1 Å². The Morgan fingerprint density at radius 1 is 1.27 bits per heavy atom. The summed E-state index contributed by atoms with van der Waals surface area (Å²) in [6.45, 7) is 2.34. The van der Waals surface area contributed by atoms with E-state index in [4.69, 9.17) is 9.47 Å². The number of allylic oxidation sites excluding steroid dienone is 3. The van der Waals surface area contributed by atoms with E-state index in [0.29, 0.717) is 23.7 Å². The molecule has 0 aromatic rings. The van der Waals surface area contributed by atoms with Gasteiger partial charge in [0.15, 0.2) is 0 Å². The second kappa shape index (κ2) is 5.24. The lowest BCUT2D eigenvalue weighted by molar-refractivity contribution is -0.360. The van der Waals surface area contributed by atoms with Crippen LogP contribution in [0.4, 0.5) is 0 Å². The van der Waals surface area contributed by atoms with E-state index in [9.17, 15) is 9.90 Å². The number of fused-ring (bicyclic) bond motifs is 10. The number of hydrogen-bond acceptors (Lipinski definition) is 4. The van der Waals surface area contributed by atoms with Gasteiger partial charge < -0.3 is 14.6 Å². The highest BCUT2D eigenvalue weighted by Gasteiger charge is 2.58. The number of hydrogen-bond donors (Lipinski definition) is 0. The molecular weight excluding hydrogens is 328 g/mol. The van der Waals surface area contributed by atoms with E-state index in [-0.39, 0.29) is 36.5 Å². The van der Waals surface area contributed by atoms with E-state index < -0.39 is 0 Å². The smallest absolute Gasteiger partial charge is 0.310 e. The van der Waals surface area contributed by atoms with E-state index in [0.717, 1.165) is 43.1 Å². The molecule has 140 valence electrons. The van der Waals surface area contributed by atoms with Crippen LogP contribution in [0, 0.1) is 53.3 Å². The van der Waals surface area contributed by atoms with Crippen molar-refractivity contribution in [2.24, 2.45) is 47.3 Å². The minimum absolute atomic E-state index is 0.0660. The summed E-state index contributed by atoms with van der Waals surface area (Å²) in [5.41, 5.74) is 0.950. The molecule has 0 amide bonds.